The van der Waals surface area contributed by atoms with Gasteiger partial charge in [-0.15, -0.1) is 11.8 Å². The largest absolute Gasteiger partial charge is 0.480 e. The van der Waals surface area contributed by atoms with Gasteiger partial charge in [-0.1, -0.05) is 6.07 Å². The summed E-state index contributed by atoms with van der Waals surface area (Å²) in [6, 6.07) is 7.55. The average molecular weight is 308 g/mol. The molecule has 2 amide bonds. The molecular weight excluding hydrogens is 292 g/mol. The highest BCUT2D eigenvalue weighted by Gasteiger charge is 2.35. The van der Waals surface area contributed by atoms with Crippen LogP contribution in [0.2, 0.25) is 0 Å². The van der Waals surface area contributed by atoms with Crippen LogP contribution in [0.5, 0.6) is 0 Å². The minimum Gasteiger partial charge on any atom is -0.480 e. The molecule has 1 aromatic rings. The number of carbonyl (C=O) groups excluding carboxylic acids is 2. The zero-order valence-corrected chi connectivity index (χ0v) is 12.4. The van der Waals surface area contributed by atoms with Crippen molar-refractivity contribution in [3.8, 4) is 0 Å². The number of carbonyl (C=O) groups is 3. The van der Waals surface area contributed by atoms with Crippen molar-refractivity contribution < 1.29 is 19.5 Å². The number of carboxylic acids is 1. The first-order chi connectivity index (χ1) is 10.0. The number of nitrogens with one attached hydrogen (secondary N) is 1. The minimum absolute atomic E-state index is 0.106. The number of amides is 2. The molecule has 1 aliphatic heterocycles. The fourth-order valence-electron chi connectivity index (χ4n) is 2.22. The lowest BCUT2D eigenvalue weighted by Crippen LogP contribution is -2.36. The molecule has 1 heterocycles. The summed E-state index contributed by atoms with van der Waals surface area (Å²) in [5, 5.41) is 10.9. The van der Waals surface area contributed by atoms with E-state index in [-0.39, 0.29) is 18.9 Å². The lowest BCUT2D eigenvalue weighted by molar-refractivity contribution is -0.138. The number of aliphatic carboxylic acids is 1. The molecule has 1 aromatic carbocycles. The van der Waals surface area contributed by atoms with Crippen LogP contribution in [0.4, 0.5) is 5.69 Å². The van der Waals surface area contributed by atoms with Gasteiger partial charge in [-0.25, -0.2) is 0 Å². The van der Waals surface area contributed by atoms with Crippen molar-refractivity contribution in [2.75, 3.05) is 24.2 Å². The summed E-state index contributed by atoms with van der Waals surface area (Å²) in [6.45, 7) is -0.145. The molecule has 1 aliphatic rings. The second kappa shape index (κ2) is 6.62. The third kappa shape index (κ3) is 3.75. The Morgan fingerprint density at radius 3 is 2.90 bits per heavy atom. The Morgan fingerprint density at radius 2 is 2.24 bits per heavy atom. The number of hydrogen-bond acceptors (Lipinski definition) is 4. The van der Waals surface area contributed by atoms with E-state index in [1.165, 1.54) is 0 Å². The van der Waals surface area contributed by atoms with Crippen LogP contribution in [0, 0.1) is 5.92 Å². The number of hydrogen-bond donors (Lipinski definition) is 2. The van der Waals surface area contributed by atoms with Gasteiger partial charge in [-0.2, -0.15) is 0 Å². The lowest BCUT2D eigenvalue weighted by Gasteiger charge is -2.17. The maximum atomic E-state index is 12.1. The Labute approximate surface area is 126 Å². The Morgan fingerprint density at radius 1 is 1.48 bits per heavy atom. The van der Waals surface area contributed by atoms with Gasteiger partial charge < -0.3 is 15.3 Å². The fourth-order valence-corrected chi connectivity index (χ4v) is 2.67. The third-order valence-electron chi connectivity index (χ3n) is 3.27. The maximum Gasteiger partial charge on any atom is 0.322 e. The fraction of sp³-hybridized carbons (Fsp3) is 0.357. The monoisotopic (exact) mass is 308 g/mol. The van der Waals surface area contributed by atoms with Crippen LogP contribution in [0.15, 0.2) is 29.2 Å². The van der Waals surface area contributed by atoms with Gasteiger partial charge in [-0.3, -0.25) is 14.4 Å². The van der Waals surface area contributed by atoms with Gasteiger partial charge in [0.25, 0.3) is 0 Å². The summed E-state index contributed by atoms with van der Waals surface area (Å²) in [4.78, 5) is 36.9. The van der Waals surface area contributed by atoms with Crippen molar-refractivity contribution in [3.05, 3.63) is 24.3 Å². The Kier molecular flexibility index (Phi) is 4.85. The molecule has 1 fully saturated rings. The number of thioether (sulfide) groups is 1. The van der Waals surface area contributed by atoms with E-state index in [2.05, 4.69) is 5.32 Å². The smallest absolute Gasteiger partial charge is 0.322 e. The number of benzene rings is 1. The van der Waals surface area contributed by atoms with Crippen molar-refractivity contribution in [2.24, 2.45) is 5.92 Å². The second-order valence-corrected chi connectivity index (χ2v) is 5.60. The quantitative estimate of drug-likeness (QED) is 0.791. The molecule has 1 atom stereocenters. The number of anilines is 1. The van der Waals surface area contributed by atoms with Gasteiger partial charge in [0.15, 0.2) is 0 Å². The molecule has 0 aromatic heterocycles. The summed E-state index contributed by atoms with van der Waals surface area (Å²) in [5.74, 6) is -2.12. The zero-order chi connectivity index (χ0) is 15.4. The predicted molar refractivity (Wildman–Crippen MR) is 79.3 cm³/mol. The van der Waals surface area contributed by atoms with E-state index in [1.54, 1.807) is 16.7 Å². The number of carboxylic acid groups (broad SMARTS) is 1. The molecule has 2 N–H and O–H groups in total. The average Bonchev–Trinajstić information content (AvgIpc) is 2.87. The maximum absolute atomic E-state index is 12.1. The van der Waals surface area contributed by atoms with Gasteiger partial charge in [-0.05, 0) is 24.5 Å². The normalized spacial score (nSPS) is 17.9. The van der Waals surface area contributed by atoms with E-state index in [1.807, 2.05) is 30.5 Å². The van der Waals surface area contributed by atoms with Crippen LogP contribution >= 0.6 is 11.8 Å². The lowest BCUT2D eigenvalue weighted by atomic mass is 10.1. The number of rotatable bonds is 5. The van der Waals surface area contributed by atoms with E-state index in [4.69, 9.17) is 5.11 Å². The molecule has 0 spiro atoms. The predicted octanol–water partition coefficient (Wildman–Crippen LogP) is 0.962. The van der Waals surface area contributed by atoms with Gasteiger partial charge in [0.1, 0.15) is 6.54 Å². The first-order valence-electron chi connectivity index (χ1n) is 6.45. The SMILES string of the molecule is CSc1cccc(N2CC(C(=O)NCC(=O)O)CC2=O)c1. The third-order valence-corrected chi connectivity index (χ3v) is 4.00. The van der Waals surface area contributed by atoms with E-state index in [0.717, 1.165) is 10.6 Å². The Hall–Kier alpha value is -2.02. The molecule has 0 aliphatic carbocycles. The molecule has 6 nitrogen and oxygen atoms in total. The molecule has 21 heavy (non-hydrogen) atoms. The van der Waals surface area contributed by atoms with Crippen LogP contribution in [-0.2, 0) is 14.4 Å². The summed E-state index contributed by atoms with van der Waals surface area (Å²) in [5.41, 5.74) is 0.764. The highest BCUT2D eigenvalue weighted by atomic mass is 32.2. The molecule has 0 saturated carbocycles. The summed E-state index contributed by atoms with van der Waals surface area (Å²) in [7, 11) is 0. The highest BCUT2D eigenvalue weighted by Crippen LogP contribution is 2.28. The van der Waals surface area contributed by atoms with Crippen molar-refractivity contribution in [2.45, 2.75) is 11.3 Å². The molecule has 0 radical (unpaired) electrons. The van der Waals surface area contributed by atoms with Crippen LogP contribution in [0.1, 0.15) is 6.42 Å². The van der Waals surface area contributed by atoms with E-state index < -0.39 is 24.3 Å². The molecule has 2 rings (SSSR count). The van der Waals surface area contributed by atoms with Gasteiger partial charge in [0.2, 0.25) is 11.8 Å². The molecule has 1 unspecified atom stereocenters. The van der Waals surface area contributed by atoms with Crippen molar-refractivity contribution >= 4 is 35.2 Å². The highest BCUT2D eigenvalue weighted by molar-refractivity contribution is 7.98. The first kappa shape index (κ1) is 15.4. The van der Waals surface area contributed by atoms with Gasteiger partial charge in [0, 0.05) is 23.5 Å². The van der Waals surface area contributed by atoms with Crippen LogP contribution < -0.4 is 10.2 Å². The number of nitrogens with zero attached hydrogens (tertiary/aromatic N) is 1. The van der Waals surface area contributed by atoms with Crippen molar-refractivity contribution in [1.29, 1.82) is 0 Å². The van der Waals surface area contributed by atoms with Crippen molar-refractivity contribution in [1.82, 2.24) is 5.32 Å². The summed E-state index contributed by atoms with van der Waals surface area (Å²) < 4.78 is 0. The summed E-state index contributed by atoms with van der Waals surface area (Å²) in [6.07, 6.45) is 2.06. The first-order valence-corrected chi connectivity index (χ1v) is 7.67. The van der Waals surface area contributed by atoms with Crippen molar-refractivity contribution in [3.63, 3.8) is 0 Å². The van der Waals surface area contributed by atoms with E-state index >= 15 is 0 Å². The van der Waals surface area contributed by atoms with Crippen LogP contribution in [0.25, 0.3) is 0 Å². The second-order valence-electron chi connectivity index (χ2n) is 4.72. The molecule has 7 heteroatoms. The molecular formula is C14H16N2O4S. The molecule has 112 valence electrons. The minimum atomic E-state index is -1.10. The van der Waals surface area contributed by atoms with E-state index in [9.17, 15) is 14.4 Å². The summed E-state index contributed by atoms with van der Waals surface area (Å²) >= 11 is 1.58. The molecule has 1 saturated heterocycles. The van der Waals surface area contributed by atoms with Crippen LogP contribution in [-0.4, -0.2) is 42.2 Å². The Balaban J connectivity index is 2.05. The topological polar surface area (TPSA) is 86.7 Å². The van der Waals surface area contributed by atoms with E-state index in [0.29, 0.717) is 0 Å². The standard InChI is InChI=1S/C14H16N2O4S/c1-21-11-4-2-3-10(6-11)16-8-9(5-12(16)17)14(20)15-7-13(18)19/h2-4,6,9H,5,7-8H2,1H3,(H,15,20)(H,18,19). The van der Waals surface area contributed by atoms with Gasteiger partial charge >= 0.3 is 5.97 Å². The van der Waals surface area contributed by atoms with Crippen LogP contribution in [0.3, 0.4) is 0 Å². The molecule has 0 bridgehead atoms. The van der Waals surface area contributed by atoms with Gasteiger partial charge in [0.05, 0.1) is 5.92 Å². The Bertz CT molecular complexity index is 576. The zero-order valence-electron chi connectivity index (χ0n) is 11.5.